The van der Waals surface area contributed by atoms with E-state index in [1.54, 1.807) is 11.1 Å². The van der Waals surface area contributed by atoms with E-state index in [1.807, 2.05) is 0 Å². The molecule has 1 aliphatic carbocycles. The second-order valence-electron chi connectivity index (χ2n) is 5.48. The molecule has 0 spiro atoms. The van der Waals surface area contributed by atoms with Gasteiger partial charge in [0.05, 0.1) is 0 Å². The minimum atomic E-state index is 0.324. The fraction of sp³-hybridized carbons (Fsp3) is 0.600. The molecule has 0 amide bonds. The summed E-state index contributed by atoms with van der Waals surface area (Å²) in [6.45, 7) is 4.40. The highest BCUT2D eigenvalue weighted by molar-refractivity contribution is 5.35. The first kappa shape index (κ1) is 11.7. The Hall–Kier alpha value is -0.820. The van der Waals surface area contributed by atoms with Gasteiger partial charge in [0.2, 0.25) is 0 Å². The Labute approximate surface area is 99.0 Å². The van der Waals surface area contributed by atoms with Crippen molar-refractivity contribution in [1.29, 1.82) is 0 Å². The summed E-state index contributed by atoms with van der Waals surface area (Å²) >= 11 is 0. The number of fused-ring (bicyclic) bond motifs is 1. The number of rotatable bonds is 4. The molecule has 0 saturated heterocycles. The fourth-order valence-electron chi connectivity index (χ4n) is 2.87. The molecule has 1 aromatic rings. The first-order chi connectivity index (χ1) is 7.65. The van der Waals surface area contributed by atoms with E-state index in [4.69, 9.17) is 5.73 Å². The van der Waals surface area contributed by atoms with Gasteiger partial charge in [-0.15, -0.1) is 0 Å². The van der Waals surface area contributed by atoms with E-state index in [1.165, 1.54) is 31.2 Å². The minimum Gasteiger partial charge on any atom is -0.328 e. The lowest BCUT2D eigenvalue weighted by atomic mass is 9.93. The highest BCUT2D eigenvalue weighted by atomic mass is 14.6. The molecule has 0 radical (unpaired) electrons. The van der Waals surface area contributed by atoms with Crippen molar-refractivity contribution in [2.75, 3.05) is 0 Å². The highest BCUT2D eigenvalue weighted by Crippen LogP contribution is 2.24. The van der Waals surface area contributed by atoms with E-state index >= 15 is 0 Å². The summed E-state index contributed by atoms with van der Waals surface area (Å²) < 4.78 is 0. The van der Waals surface area contributed by atoms with E-state index in [-0.39, 0.29) is 0 Å². The van der Waals surface area contributed by atoms with Gasteiger partial charge in [-0.2, -0.15) is 0 Å². The van der Waals surface area contributed by atoms with Crippen LogP contribution >= 0.6 is 0 Å². The van der Waals surface area contributed by atoms with Gasteiger partial charge in [0.25, 0.3) is 0 Å². The van der Waals surface area contributed by atoms with Crippen LogP contribution in [0.1, 0.15) is 43.4 Å². The Bertz CT molecular complexity index is 354. The summed E-state index contributed by atoms with van der Waals surface area (Å²) in [5, 5.41) is 0. The molecule has 1 nitrogen and oxygen atoms in total. The maximum atomic E-state index is 5.84. The molecule has 0 saturated carbocycles. The average Bonchev–Trinajstić information content (AvgIpc) is 2.63. The maximum Gasteiger partial charge on any atom is 0.00131 e. The molecule has 0 bridgehead atoms. The highest BCUT2D eigenvalue weighted by Gasteiger charge is 2.12. The van der Waals surface area contributed by atoms with Crippen LogP contribution in [0.4, 0.5) is 0 Å². The van der Waals surface area contributed by atoms with Crippen molar-refractivity contribution in [1.82, 2.24) is 0 Å². The zero-order valence-electron chi connectivity index (χ0n) is 10.5. The lowest BCUT2D eigenvalue weighted by Gasteiger charge is -2.14. The third-order valence-electron chi connectivity index (χ3n) is 3.52. The van der Waals surface area contributed by atoms with E-state index < -0.39 is 0 Å². The number of hydrogen-bond donors (Lipinski definition) is 1. The SMILES string of the molecule is CC(N)CC(C)Cc1ccc2c(c1)CCC2. The predicted octanol–water partition coefficient (Wildman–Crippen LogP) is 3.09. The van der Waals surface area contributed by atoms with Crippen LogP contribution in [0.25, 0.3) is 0 Å². The van der Waals surface area contributed by atoms with Gasteiger partial charge in [-0.1, -0.05) is 25.1 Å². The summed E-state index contributed by atoms with van der Waals surface area (Å²) in [6, 6.07) is 7.38. The van der Waals surface area contributed by atoms with Crippen molar-refractivity contribution < 1.29 is 0 Å². The molecule has 1 aliphatic rings. The Balaban J connectivity index is 1.99. The van der Waals surface area contributed by atoms with Gasteiger partial charge >= 0.3 is 0 Å². The number of aryl methyl sites for hydroxylation is 2. The third kappa shape index (κ3) is 2.85. The maximum absolute atomic E-state index is 5.84. The second-order valence-corrected chi connectivity index (χ2v) is 5.48. The van der Waals surface area contributed by atoms with Crippen LogP contribution in [-0.2, 0) is 19.3 Å². The summed E-state index contributed by atoms with van der Waals surface area (Å²) in [5.74, 6) is 0.694. The van der Waals surface area contributed by atoms with E-state index in [0.717, 1.165) is 6.42 Å². The van der Waals surface area contributed by atoms with Crippen molar-refractivity contribution in [2.24, 2.45) is 11.7 Å². The molecule has 1 aromatic carbocycles. The molecule has 2 N–H and O–H groups in total. The van der Waals surface area contributed by atoms with Gasteiger partial charge in [0.15, 0.2) is 0 Å². The molecular formula is C15H23N. The lowest BCUT2D eigenvalue weighted by Crippen LogP contribution is -2.19. The van der Waals surface area contributed by atoms with Gasteiger partial charge in [0, 0.05) is 6.04 Å². The van der Waals surface area contributed by atoms with Crippen molar-refractivity contribution in [3.63, 3.8) is 0 Å². The zero-order chi connectivity index (χ0) is 11.5. The molecule has 2 atom stereocenters. The predicted molar refractivity (Wildman–Crippen MR) is 69.6 cm³/mol. The molecule has 0 aromatic heterocycles. The molecule has 16 heavy (non-hydrogen) atoms. The quantitative estimate of drug-likeness (QED) is 0.824. The third-order valence-corrected chi connectivity index (χ3v) is 3.52. The summed E-state index contributed by atoms with van der Waals surface area (Å²) in [7, 11) is 0. The summed E-state index contributed by atoms with van der Waals surface area (Å²) in [5.41, 5.74) is 10.5. The van der Waals surface area contributed by atoms with Crippen LogP contribution in [-0.4, -0.2) is 6.04 Å². The van der Waals surface area contributed by atoms with Crippen molar-refractivity contribution >= 4 is 0 Å². The van der Waals surface area contributed by atoms with Gasteiger partial charge in [0.1, 0.15) is 0 Å². The smallest absolute Gasteiger partial charge is 0.00131 e. The van der Waals surface area contributed by atoms with Crippen LogP contribution in [0.5, 0.6) is 0 Å². The Morgan fingerprint density at radius 2 is 1.94 bits per heavy atom. The molecule has 0 fully saturated rings. The van der Waals surface area contributed by atoms with E-state index in [2.05, 4.69) is 32.0 Å². The van der Waals surface area contributed by atoms with Gasteiger partial charge < -0.3 is 5.73 Å². The van der Waals surface area contributed by atoms with Crippen molar-refractivity contribution in [3.05, 3.63) is 34.9 Å². The Morgan fingerprint density at radius 1 is 1.19 bits per heavy atom. The molecule has 2 rings (SSSR count). The summed E-state index contributed by atoms with van der Waals surface area (Å²) in [6.07, 6.45) is 6.20. The van der Waals surface area contributed by atoms with Crippen LogP contribution < -0.4 is 5.73 Å². The number of hydrogen-bond acceptors (Lipinski definition) is 1. The Morgan fingerprint density at radius 3 is 2.69 bits per heavy atom. The van der Waals surface area contributed by atoms with Crippen LogP contribution in [0, 0.1) is 5.92 Å². The van der Waals surface area contributed by atoms with Gasteiger partial charge in [-0.3, -0.25) is 0 Å². The molecule has 0 heterocycles. The molecule has 0 aliphatic heterocycles. The second kappa shape index (κ2) is 5.01. The van der Waals surface area contributed by atoms with Crippen LogP contribution in [0.2, 0.25) is 0 Å². The monoisotopic (exact) mass is 217 g/mol. The van der Waals surface area contributed by atoms with E-state index in [0.29, 0.717) is 12.0 Å². The first-order valence-electron chi connectivity index (χ1n) is 6.51. The molecular weight excluding hydrogens is 194 g/mol. The van der Waals surface area contributed by atoms with E-state index in [9.17, 15) is 0 Å². The summed E-state index contributed by atoms with van der Waals surface area (Å²) in [4.78, 5) is 0. The average molecular weight is 217 g/mol. The molecule has 1 heteroatoms. The topological polar surface area (TPSA) is 26.0 Å². The minimum absolute atomic E-state index is 0.324. The number of benzene rings is 1. The van der Waals surface area contributed by atoms with Crippen LogP contribution in [0.15, 0.2) is 18.2 Å². The van der Waals surface area contributed by atoms with Gasteiger partial charge in [-0.25, -0.2) is 0 Å². The first-order valence-corrected chi connectivity index (χ1v) is 6.51. The van der Waals surface area contributed by atoms with Gasteiger partial charge in [-0.05, 0) is 61.6 Å². The standard InChI is InChI=1S/C15H23N/c1-11(8-12(2)16)9-13-6-7-14-4-3-5-15(14)10-13/h6-7,10-12H,3-5,8-9,16H2,1-2H3. The number of nitrogens with two attached hydrogens (primary N) is 1. The lowest BCUT2D eigenvalue weighted by molar-refractivity contribution is 0.480. The Kier molecular flexibility index (Phi) is 3.65. The zero-order valence-corrected chi connectivity index (χ0v) is 10.5. The normalized spacial score (nSPS) is 18.2. The van der Waals surface area contributed by atoms with Crippen LogP contribution in [0.3, 0.4) is 0 Å². The molecule has 88 valence electrons. The van der Waals surface area contributed by atoms with Crippen molar-refractivity contribution in [2.45, 2.75) is 52.0 Å². The fourth-order valence-corrected chi connectivity index (χ4v) is 2.87. The largest absolute Gasteiger partial charge is 0.328 e. The van der Waals surface area contributed by atoms with Crippen molar-refractivity contribution in [3.8, 4) is 0 Å². The molecule has 2 unspecified atom stereocenters.